The molecular weight excluding hydrogens is 316 g/mol. The van der Waals surface area contributed by atoms with Crippen LogP contribution in [-0.4, -0.2) is 24.1 Å². The van der Waals surface area contributed by atoms with Crippen molar-refractivity contribution in [1.29, 1.82) is 0 Å². The molecule has 4 nitrogen and oxygen atoms in total. The third-order valence-corrected chi connectivity index (χ3v) is 5.80. The Hall–Kier alpha value is -1.24. The number of nitrogens with one attached hydrogen (secondary N) is 1. The highest BCUT2D eigenvalue weighted by atomic mass is 32.1. The minimum atomic E-state index is -0.0345. The number of carbonyl (C=O) groups excluding carboxylic acids is 1. The molecule has 2 aromatic heterocycles. The van der Waals surface area contributed by atoms with Gasteiger partial charge in [-0.3, -0.25) is 4.79 Å². The summed E-state index contributed by atoms with van der Waals surface area (Å²) in [4.78, 5) is 18.4. The number of amides is 1. The summed E-state index contributed by atoms with van der Waals surface area (Å²) in [5.74, 6) is 0.207. The van der Waals surface area contributed by atoms with Gasteiger partial charge < -0.3 is 10.1 Å². The molecule has 1 amide bonds. The van der Waals surface area contributed by atoms with Gasteiger partial charge in [0.05, 0.1) is 6.04 Å². The number of carbonyl (C=O) groups is 1. The van der Waals surface area contributed by atoms with Crippen molar-refractivity contribution in [2.24, 2.45) is 5.92 Å². The van der Waals surface area contributed by atoms with Crippen LogP contribution >= 0.6 is 22.7 Å². The lowest BCUT2D eigenvalue weighted by atomic mass is 9.99. The average Bonchev–Trinajstić information content (AvgIpc) is 3.19. The second kappa shape index (κ2) is 7.35. The van der Waals surface area contributed by atoms with E-state index in [4.69, 9.17) is 4.74 Å². The van der Waals surface area contributed by atoms with Gasteiger partial charge in [0.2, 0.25) is 5.91 Å². The van der Waals surface area contributed by atoms with Gasteiger partial charge in [-0.25, -0.2) is 4.98 Å². The summed E-state index contributed by atoms with van der Waals surface area (Å²) >= 11 is 3.34. The molecule has 0 bridgehead atoms. The highest BCUT2D eigenvalue weighted by Crippen LogP contribution is 2.25. The van der Waals surface area contributed by atoms with Crippen LogP contribution in [0.4, 0.5) is 0 Å². The van der Waals surface area contributed by atoms with Gasteiger partial charge in [-0.15, -0.1) is 22.7 Å². The topological polar surface area (TPSA) is 51.2 Å². The minimum Gasteiger partial charge on any atom is -0.381 e. The fraction of sp³-hybridized carbons (Fsp3) is 0.500. The third kappa shape index (κ3) is 3.94. The molecule has 6 heteroatoms. The lowest BCUT2D eigenvalue weighted by Crippen LogP contribution is -2.37. The normalized spacial score (nSPS) is 17.3. The minimum absolute atomic E-state index is 0.0345. The molecule has 118 valence electrons. The van der Waals surface area contributed by atoms with E-state index in [1.54, 1.807) is 22.7 Å². The molecular formula is C16H20N2O2S2. The number of hydrogen-bond donors (Lipinski definition) is 1. The molecule has 0 unspecified atom stereocenters. The second-order valence-electron chi connectivity index (χ2n) is 5.56. The standard InChI is InChI=1S/C16H20N2O2S2/c1-11-10-22-16(17-11)14(9-13-3-2-8-21-13)18-15(19)12-4-6-20-7-5-12/h2-3,8,10,12,14H,4-7,9H2,1H3,(H,18,19)/t14-/m1/s1. The maximum absolute atomic E-state index is 12.5. The molecule has 1 saturated heterocycles. The first kappa shape index (κ1) is 15.6. The van der Waals surface area contributed by atoms with Crippen LogP contribution in [-0.2, 0) is 16.0 Å². The molecule has 0 aliphatic carbocycles. The zero-order valence-corrected chi connectivity index (χ0v) is 14.2. The van der Waals surface area contributed by atoms with Crippen LogP contribution in [0.15, 0.2) is 22.9 Å². The summed E-state index contributed by atoms with van der Waals surface area (Å²) < 4.78 is 5.34. The van der Waals surface area contributed by atoms with E-state index in [0.717, 1.165) is 30.0 Å². The summed E-state index contributed by atoms with van der Waals surface area (Å²) in [6, 6.07) is 4.12. The van der Waals surface area contributed by atoms with Gasteiger partial charge in [0.25, 0.3) is 0 Å². The van der Waals surface area contributed by atoms with E-state index in [9.17, 15) is 4.79 Å². The van der Waals surface area contributed by atoms with Gasteiger partial charge in [0, 0.05) is 41.5 Å². The van der Waals surface area contributed by atoms with Gasteiger partial charge >= 0.3 is 0 Å². The van der Waals surface area contributed by atoms with Crippen LogP contribution in [0.2, 0.25) is 0 Å². The number of hydrogen-bond acceptors (Lipinski definition) is 5. The number of rotatable bonds is 5. The van der Waals surface area contributed by atoms with Crippen LogP contribution in [0.1, 0.15) is 34.5 Å². The Balaban J connectivity index is 1.71. The molecule has 0 radical (unpaired) electrons. The SMILES string of the molecule is Cc1csc([C@@H](Cc2cccs2)NC(=O)C2CCOCC2)n1. The zero-order valence-electron chi connectivity index (χ0n) is 12.6. The Morgan fingerprint density at radius 1 is 1.45 bits per heavy atom. The second-order valence-corrected chi connectivity index (χ2v) is 7.48. The number of ether oxygens (including phenoxy) is 1. The Morgan fingerprint density at radius 2 is 2.27 bits per heavy atom. The highest BCUT2D eigenvalue weighted by molar-refractivity contribution is 7.10. The monoisotopic (exact) mass is 336 g/mol. The van der Waals surface area contributed by atoms with Crippen molar-refractivity contribution < 1.29 is 9.53 Å². The first-order chi connectivity index (χ1) is 10.7. The number of thiazole rings is 1. The van der Waals surface area contributed by atoms with E-state index in [1.165, 1.54) is 4.88 Å². The van der Waals surface area contributed by atoms with E-state index < -0.39 is 0 Å². The highest BCUT2D eigenvalue weighted by Gasteiger charge is 2.26. The molecule has 0 spiro atoms. The largest absolute Gasteiger partial charge is 0.381 e. The van der Waals surface area contributed by atoms with E-state index in [-0.39, 0.29) is 17.9 Å². The van der Waals surface area contributed by atoms with Gasteiger partial charge in [-0.2, -0.15) is 0 Å². The Kier molecular flexibility index (Phi) is 5.23. The summed E-state index contributed by atoms with van der Waals surface area (Å²) in [7, 11) is 0. The number of aryl methyl sites for hydroxylation is 1. The molecule has 1 atom stereocenters. The third-order valence-electron chi connectivity index (χ3n) is 3.83. The average molecular weight is 336 g/mol. The lowest BCUT2D eigenvalue weighted by molar-refractivity contribution is -0.128. The maximum atomic E-state index is 12.5. The zero-order chi connectivity index (χ0) is 15.4. The van der Waals surface area contributed by atoms with E-state index in [0.29, 0.717) is 13.2 Å². The Labute approximate surface area is 138 Å². The maximum Gasteiger partial charge on any atom is 0.223 e. The predicted molar refractivity (Wildman–Crippen MR) is 89.3 cm³/mol. The number of thiophene rings is 1. The molecule has 2 aromatic rings. The summed E-state index contributed by atoms with van der Waals surface area (Å²) in [6.45, 7) is 3.36. The van der Waals surface area contributed by atoms with Crippen LogP contribution in [0.3, 0.4) is 0 Å². The molecule has 0 aromatic carbocycles. The van der Waals surface area contributed by atoms with Crippen molar-refractivity contribution in [3.05, 3.63) is 38.5 Å². The predicted octanol–water partition coefficient (Wildman–Crippen LogP) is 3.34. The first-order valence-electron chi connectivity index (χ1n) is 7.55. The molecule has 3 heterocycles. The van der Waals surface area contributed by atoms with E-state index in [1.807, 2.05) is 18.4 Å². The summed E-state index contributed by atoms with van der Waals surface area (Å²) in [5, 5.41) is 8.31. The smallest absolute Gasteiger partial charge is 0.223 e. The Bertz CT molecular complexity index is 603. The van der Waals surface area contributed by atoms with Crippen molar-refractivity contribution in [2.45, 2.75) is 32.2 Å². The molecule has 1 aliphatic heterocycles. The van der Waals surface area contributed by atoms with Crippen LogP contribution in [0.25, 0.3) is 0 Å². The van der Waals surface area contributed by atoms with Crippen molar-refractivity contribution >= 4 is 28.6 Å². The Morgan fingerprint density at radius 3 is 2.91 bits per heavy atom. The summed E-state index contributed by atoms with van der Waals surface area (Å²) in [6.07, 6.45) is 2.43. The fourth-order valence-corrected chi connectivity index (χ4v) is 4.21. The first-order valence-corrected chi connectivity index (χ1v) is 9.31. The van der Waals surface area contributed by atoms with Gasteiger partial charge in [-0.05, 0) is 31.2 Å². The molecule has 1 aliphatic rings. The quantitative estimate of drug-likeness (QED) is 0.911. The molecule has 3 rings (SSSR count). The van der Waals surface area contributed by atoms with Crippen molar-refractivity contribution in [3.63, 3.8) is 0 Å². The van der Waals surface area contributed by atoms with E-state index >= 15 is 0 Å². The van der Waals surface area contributed by atoms with Gasteiger partial charge in [-0.1, -0.05) is 6.07 Å². The lowest BCUT2D eigenvalue weighted by Gasteiger charge is -2.24. The molecule has 1 fully saturated rings. The van der Waals surface area contributed by atoms with Crippen LogP contribution < -0.4 is 5.32 Å². The van der Waals surface area contributed by atoms with Crippen molar-refractivity contribution in [3.8, 4) is 0 Å². The molecule has 0 saturated carbocycles. The van der Waals surface area contributed by atoms with E-state index in [2.05, 4.69) is 21.7 Å². The van der Waals surface area contributed by atoms with Gasteiger partial charge in [0.15, 0.2) is 0 Å². The molecule has 1 N–H and O–H groups in total. The van der Waals surface area contributed by atoms with Crippen molar-refractivity contribution in [2.75, 3.05) is 13.2 Å². The number of nitrogens with zero attached hydrogens (tertiary/aromatic N) is 1. The van der Waals surface area contributed by atoms with Crippen molar-refractivity contribution in [1.82, 2.24) is 10.3 Å². The van der Waals surface area contributed by atoms with Crippen LogP contribution in [0.5, 0.6) is 0 Å². The fourth-order valence-electron chi connectivity index (χ4n) is 2.61. The molecule has 22 heavy (non-hydrogen) atoms. The van der Waals surface area contributed by atoms with Gasteiger partial charge in [0.1, 0.15) is 5.01 Å². The number of aromatic nitrogens is 1. The van der Waals surface area contributed by atoms with Crippen LogP contribution in [0, 0.1) is 12.8 Å². The summed E-state index contributed by atoms with van der Waals surface area (Å²) in [5.41, 5.74) is 1.01.